The van der Waals surface area contributed by atoms with Crippen molar-refractivity contribution in [3.8, 4) is 11.1 Å². The fourth-order valence-corrected chi connectivity index (χ4v) is 2.92. The maximum atomic E-state index is 11.5. The zero-order valence-corrected chi connectivity index (χ0v) is 12.0. The second-order valence-electron chi connectivity index (χ2n) is 4.92. The number of nitrogens with zero attached hydrogens (tertiary/aromatic N) is 1. The van der Waals surface area contributed by atoms with Gasteiger partial charge in [0.25, 0.3) is 0 Å². The van der Waals surface area contributed by atoms with Gasteiger partial charge in [0.15, 0.2) is 9.84 Å². The summed E-state index contributed by atoms with van der Waals surface area (Å²) in [7, 11) is -3.15. The zero-order chi connectivity index (χ0) is 14.3. The predicted molar refractivity (Wildman–Crippen MR) is 79.4 cm³/mol. The maximum Gasteiger partial charge on any atom is 0.175 e. The summed E-state index contributed by atoms with van der Waals surface area (Å²) in [6.45, 7) is 2.03. The highest BCUT2D eigenvalue weighted by atomic mass is 32.2. The number of fused-ring (bicyclic) bond motifs is 1. The van der Waals surface area contributed by atoms with Crippen molar-refractivity contribution in [2.45, 2.75) is 11.8 Å². The smallest absolute Gasteiger partial charge is 0.175 e. The van der Waals surface area contributed by atoms with Gasteiger partial charge in [-0.1, -0.05) is 12.1 Å². The van der Waals surface area contributed by atoms with Crippen LogP contribution in [0.5, 0.6) is 0 Å². The third-order valence-electron chi connectivity index (χ3n) is 3.38. The van der Waals surface area contributed by atoms with Crippen molar-refractivity contribution < 1.29 is 8.42 Å². The van der Waals surface area contributed by atoms with Crippen LogP contribution in [0.4, 0.5) is 0 Å². The molecule has 5 heteroatoms. The van der Waals surface area contributed by atoms with Crippen molar-refractivity contribution in [1.29, 1.82) is 0 Å². The highest BCUT2D eigenvalue weighted by molar-refractivity contribution is 7.90. The molecule has 1 heterocycles. The number of nitrogens with one attached hydrogen (secondary N) is 1. The van der Waals surface area contributed by atoms with E-state index < -0.39 is 9.84 Å². The van der Waals surface area contributed by atoms with E-state index in [0.29, 0.717) is 4.90 Å². The number of aryl methyl sites for hydroxylation is 1. The second kappa shape index (κ2) is 4.45. The molecule has 4 nitrogen and oxygen atoms in total. The van der Waals surface area contributed by atoms with Crippen LogP contribution in [0.25, 0.3) is 22.0 Å². The largest absolute Gasteiger partial charge is 0.278 e. The molecule has 3 rings (SSSR count). The normalized spacial score (nSPS) is 11.9. The van der Waals surface area contributed by atoms with E-state index in [9.17, 15) is 8.42 Å². The summed E-state index contributed by atoms with van der Waals surface area (Å²) >= 11 is 0. The predicted octanol–water partition coefficient (Wildman–Crippen LogP) is 2.94. The highest BCUT2D eigenvalue weighted by Gasteiger charge is 2.09. The van der Waals surface area contributed by atoms with Gasteiger partial charge in [-0.2, -0.15) is 5.10 Å². The van der Waals surface area contributed by atoms with Crippen LogP contribution in [-0.4, -0.2) is 24.9 Å². The molecule has 2 aromatic carbocycles. The van der Waals surface area contributed by atoms with E-state index in [-0.39, 0.29) is 0 Å². The van der Waals surface area contributed by atoms with Gasteiger partial charge in [-0.05, 0) is 47.9 Å². The third-order valence-corrected chi connectivity index (χ3v) is 4.51. The van der Waals surface area contributed by atoms with Crippen LogP contribution in [-0.2, 0) is 9.84 Å². The summed E-state index contributed by atoms with van der Waals surface area (Å²) in [5, 5.41) is 8.00. The van der Waals surface area contributed by atoms with Crippen LogP contribution in [0.3, 0.4) is 0 Å². The second-order valence-corrected chi connectivity index (χ2v) is 6.94. The Balaban J connectivity index is 2.13. The van der Waals surface area contributed by atoms with Crippen LogP contribution in [0.15, 0.2) is 47.5 Å². The van der Waals surface area contributed by atoms with Crippen LogP contribution in [0.1, 0.15) is 5.56 Å². The number of hydrogen-bond donors (Lipinski definition) is 1. The number of rotatable bonds is 2. The van der Waals surface area contributed by atoms with E-state index in [0.717, 1.165) is 27.6 Å². The lowest BCUT2D eigenvalue weighted by Gasteiger charge is -2.07. The number of aromatic nitrogens is 2. The van der Waals surface area contributed by atoms with Gasteiger partial charge in [-0.25, -0.2) is 8.42 Å². The zero-order valence-electron chi connectivity index (χ0n) is 11.2. The van der Waals surface area contributed by atoms with Gasteiger partial charge in [0.2, 0.25) is 0 Å². The van der Waals surface area contributed by atoms with E-state index >= 15 is 0 Å². The lowest BCUT2D eigenvalue weighted by Crippen LogP contribution is -1.96. The number of sulfone groups is 1. The lowest BCUT2D eigenvalue weighted by atomic mass is 9.99. The molecule has 0 amide bonds. The summed E-state index contributed by atoms with van der Waals surface area (Å²) in [5.41, 5.74) is 4.20. The molecule has 0 saturated heterocycles. The Morgan fingerprint density at radius 2 is 1.80 bits per heavy atom. The Morgan fingerprint density at radius 3 is 2.45 bits per heavy atom. The molecule has 1 N–H and O–H groups in total. The molecule has 0 radical (unpaired) electrons. The molecule has 0 atom stereocenters. The molecule has 1 aromatic heterocycles. The van der Waals surface area contributed by atoms with Crippen LogP contribution in [0.2, 0.25) is 0 Å². The summed E-state index contributed by atoms with van der Waals surface area (Å²) < 4.78 is 23.0. The van der Waals surface area contributed by atoms with Gasteiger partial charge in [0.05, 0.1) is 16.6 Å². The SMILES string of the molecule is Cc1cc2[nH]ncc2cc1-c1ccc(S(C)(=O)=O)cc1. The molecule has 3 aromatic rings. The first kappa shape index (κ1) is 12.9. The molecule has 0 saturated carbocycles. The molecule has 0 bridgehead atoms. The molecule has 0 unspecified atom stereocenters. The molecule has 0 aliphatic rings. The van der Waals surface area contributed by atoms with Crippen molar-refractivity contribution >= 4 is 20.7 Å². The number of aromatic amines is 1. The average molecular weight is 286 g/mol. The Labute approximate surface area is 117 Å². The molecule has 0 fully saturated rings. The minimum absolute atomic E-state index is 0.336. The van der Waals surface area contributed by atoms with E-state index in [1.54, 1.807) is 18.3 Å². The van der Waals surface area contributed by atoms with Crippen molar-refractivity contribution in [3.63, 3.8) is 0 Å². The minimum Gasteiger partial charge on any atom is -0.278 e. The maximum absolute atomic E-state index is 11.5. The molecule has 0 aliphatic carbocycles. The van der Waals surface area contributed by atoms with E-state index in [2.05, 4.69) is 16.3 Å². The van der Waals surface area contributed by atoms with E-state index in [1.165, 1.54) is 6.26 Å². The van der Waals surface area contributed by atoms with E-state index in [4.69, 9.17) is 0 Å². The molecule has 0 spiro atoms. The Kier molecular flexibility index (Phi) is 2.87. The fourth-order valence-electron chi connectivity index (χ4n) is 2.29. The summed E-state index contributed by atoms with van der Waals surface area (Å²) in [4.78, 5) is 0.336. The first-order chi connectivity index (χ1) is 9.45. The third kappa shape index (κ3) is 2.20. The van der Waals surface area contributed by atoms with Crippen LogP contribution >= 0.6 is 0 Å². The summed E-state index contributed by atoms with van der Waals surface area (Å²) in [6, 6.07) is 11.1. The minimum atomic E-state index is -3.15. The average Bonchev–Trinajstić information content (AvgIpc) is 2.84. The van der Waals surface area contributed by atoms with Crippen LogP contribution in [0, 0.1) is 6.92 Å². The standard InChI is InChI=1S/C15H14N2O2S/c1-10-7-15-12(9-16-17-15)8-14(10)11-3-5-13(6-4-11)20(2,18)19/h3-9H,1-2H3,(H,16,17). The molecular formula is C15H14N2O2S. The van der Waals surface area contributed by atoms with Crippen LogP contribution < -0.4 is 0 Å². The van der Waals surface area contributed by atoms with Gasteiger partial charge in [0, 0.05) is 11.6 Å². The van der Waals surface area contributed by atoms with E-state index in [1.807, 2.05) is 25.1 Å². The molecule has 102 valence electrons. The Morgan fingerprint density at radius 1 is 1.10 bits per heavy atom. The Hall–Kier alpha value is -2.14. The summed E-state index contributed by atoms with van der Waals surface area (Å²) in [5.74, 6) is 0. The first-order valence-corrected chi connectivity index (χ1v) is 8.08. The van der Waals surface area contributed by atoms with Crippen molar-refractivity contribution in [1.82, 2.24) is 10.2 Å². The van der Waals surface area contributed by atoms with Gasteiger partial charge in [-0.15, -0.1) is 0 Å². The summed E-state index contributed by atoms with van der Waals surface area (Å²) in [6.07, 6.45) is 2.99. The number of hydrogen-bond acceptors (Lipinski definition) is 3. The van der Waals surface area contributed by atoms with Gasteiger partial charge in [-0.3, -0.25) is 5.10 Å². The molecule has 0 aliphatic heterocycles. The first-order valence-electron chi connectivity index (χ1n) is 6.19. The number of benzene rings is 2. The number of H-pyrrole nitrogens is 1. The van der Waals surface area contributed by atoms with Gasteiger partial charge in [0.1, 0.15) is 0 Å². The Bertz CT molecular complexity index is 878. The van der Waals surface area contributed by atoms with Gasteiger partial charge < -0.3 is 0 Å². The topological polar surface area (TPSA) is 62.8 Å². The van der Waals surface area contributed by atoms with Crippen molar-refractivity contribution in [2.24, 2.45) is 0 Å². The van der Waals surface area contributed by atoms with Crippen molar-refractivity contribution in [2.75, 3.05) is 6.26 Å². The monoisotopic (exact) mass is 286 g/mol. The lowest BCUT2D eigenvalue weighted by molar-refractivity contribution is 0.602. The fraction of sp³-hybridized carbons (Fsp3) is 0.133. The molecular weight excluding hydrogens is 272 g/mol. The quantitative estimate of drug-likeness (QED) is 0.787. The van der Waals surface area contributed by atoms with Crippen molar-refractivity contribution in [3.05, 3.63) is 48.2 Å². The highest BCUT2D eigenvalue weighted by Crippen LogP contribution is 2.28. The molecule has 20 heavy (non-hydrogen) atoms. The van der Waals surface area contributed by atoms with Gasteiger partial charge >= 0.3 is 0 Å².